The Morgan fingerprint density at radius 1 is 1.38 bits per heavy atom. The molecule has 3 rings (SSSR count). The molecule has 1 aromatic heterocycles. The van der Waals surface area contributed by atoms with Crippen molar-refractivity contribution in [1.82, 2.24) is 9.62 Å². The van der Waals surface area contributed by atoms with Crippen molar-refractivity contribution in [2.75, 3.05) is 18.8 Å². The Labute approximate surface area is 131 Å². The molecule has 2 aliphatic rings. The first kappa shape index (κ1) is 15.5. The molecule has 118 valence electrons. The van der Waals surface area contributed by atoms with Crippen LogP contribution in [0.4, 0.5) is 0 Å². The van der Waals surface area contributed by atoms with E-state index in [-0.39, 0.29) is 11.8 Å². The molecule has 1 unspecified atom stereocenters. The maximum Gasteiger partial charge on any atom is 0.214 e. The van der Waals surface area contributed by atoms with Gasteiger partial charge < -0.3 is 5.32 Å². The summed E-state index contributed by atoms with van der Waals surface area (Å²) in [6.45, 7) is 3.60. The van der Waals surface area contributed by atoms with Crippen molar-refractivity contribution in [2.45, 2.75) is 51.1 Å². The summed E-state index contributed by atoms with van der Waals surface area (Å²) in [6, 6.07) is 2.78. The fourth-order valence-corrected chi connectivity index (χ4v) is 5.72. The Morgan fingerprint density at radius 2 is 2.19 bits per heavy atom. The van der Waals surface area contributed by atoms with Gasteiger partial charge in [0.2, 0.25) is 10.0 Å². The third-order valence-corrected chi connectivity index (χ3v) is 7.43. The predicted octanol–water partition coefficient (Wildman–Crippen LogP) is 2.53. The van der Waals surface area contributed by atoms with Crippen molar-refractivity contribution in [3.63, 3.8) is 0 Å². The second-order valence-electron chi connectivity index (χ2n) is 6.09. The zero-order valence-corrected chi connectivity index (χ0v) is 14.2. The summed E-state index contributed by atoms with van der Waals surface area (Å²) in [5.74, 6) is 0.281. The maximum absolute atomic E-state index is 12.5. The standard InChI is InChI=1S/C15H24N2O2S2/c1-12-14-7-10-20-15(14)6-9-17(12)21(18,19)11-3-2-8-16-13-4-5-13/h7,10,12-13,16H,2-6,8-9,11H2,1H3. The molecule has 0 bridgehead atoms. The summed E-state index contributed by atoms with van der Waals surface area (Å²) in [6.07, 6.45) is 5.13. The Hall–Kier alpha value is -0.430. The molecule has 0 amide bonds. The topological polar surface area (TPSA) is 49.4 Å². The van der Waals surface area contributed by atoms with Crippen LogP contribution in [0.3, 0.4) is 0 Å². The average molecular weight is 329 g/mol. The first-order valence-electron chi connectivity index (χ1n) is 7.87. The van der Waals surface area contributed by atoms with E-state index >= 15 is 0 Å². The highest BCUT2D eigenvalue weighted by atomic mass is 32.2. The van der Waals surface area contributed by atoms with Crippen LogP contribution in [-0.2, 0) is 16.4 Å². The highest BCUT2D eigenvalue weighted by Crippen LogP contribution is 2.34. The van der Waals surface area contributed by atoms with Crippen molar-refractivity contribution < 1.29 is 8.42 Å². The lowest BCUT2D eigenvalue weighted by molar-refractivity contribution is 0.328. The number of rotatable bonds is 7. The Kier molecular flexibility index (Phi) is 4.69. The Morgan fingerprint density at radius 3 is 2.95 bits per heavy atom. The van der Waals surface area contributed by atoms with Crippen LogP contribution in [-0.4, -0.2) is 37.6 Å². The normalized spacial score (nSPS) is 23.2. The van der Waals surface area contributed by atoms with E-state index in [9.17, 15) is 8.42 Å². The SMILES string of the molecule is CC1c2ccsc2CCN1S(=O)(=O)CCCCNC1CC1. The number of hydrogen-bond acceptors (Lipinski definition) is 4. The third kappa shape index (κ3) is 3.67. The number of unbranched alkanes of at least 4 members (excludes halogenated alkanes) is 1. The van der Waals surface area contributed by atoms with Crippen LogP contribution < -0.4 is 5.32 Å². The van der Waals surface area contributed by atoms with Crippen LogP contribution in [0.25, 0.3) is 0 Å². The minimum absolute atomic E-state index is 0.00501. The van der Waals surface area contributed by atoms with Gasteiger partial charge in [-0.1, -0.05) is 0 Å². The fourth-order valence-electron chi connectivity index (χ4n) is 2.99. The van der Waals surface area contributed by atoms with Gasteiger partial charge in [-0.3, -0.25) is 0 Å². The van der Waals surface area contributed by atoms with Crippen LogP contribution >= 0.6 is 11.3 Å². The summed E-state index contributed by atoms with van der Waals surface area (Å²) >= 11 is 1.75. The molecule has 1 aromatic rings. The van der Waals surface area contributed by atoms with Crippen LogP contribution in [0.15, 0.2) is 11.4 Å². The van der Waals surface area contributed by atoms with E-state index in [4.69, 9.17) is 0 Å². The van der Waals surface area contributed by atoms with Gasteiger partial charge in [0.25, 0.3) is 0 Å². The first-order valence-corrected chi connectivity index (χ1v) is 10.4. The minimum Gasteiger partial charge on any atom is -0.314 e. The Bertz CT molecular complexity index is 578. The fraction of sp³-hybridized carbons (Fsp3) is 0.733. The number of nitrogens with one attached hydrogen (secondary N) is 1. The zero-order valence-electron chi connectivity index (χ0n) is 12.5. The minimum atomic E-state index is -3.13. The van der Waals surface area contributed by atoms with Gasteiger partial charge in [0.1, 0.15) is 0 Å². The van der Waals surface area contributed by atoms with Crippen LogP contribution in [0.5, 0.6) is 0 Å². The van der Waals surface area contributed by atoms with Gasteiger partial charge in [-0.15, -0.1) is 11.3 Å². The molecule has 1 aliphatic heterocycles. The second kappa shape index (κ2) is 6.36. The molecule has 0 radical (unpaired) electrons. The Balaban J connectivity index is 1.52. The summed E-state index contributed by atoms with van der Waals surface area (Å²) in [4.78, 5) is 1.35. The largest absolute Gasteiger partial charge is 0.314 e. The number of nitrogens with zero attached hydrogens (tertiary/aromatic N) is 1. The number of fused-ring (bicyclic) bond motifs is 1. The predicted molar refractivity (Wildman–Crippen MR) is 87.2 cm³/mol. The second-order valence-corrected chi connectivity index (χ2v) is 9.13. The van der Waals surface area contributed by atoms with Gasteiger partial charge in [0.05, 0.1) is 5.75 Å². The molecule has 6 heteroatoms. The zero-order chi connectivity index (χ0) is 14.9. The van der Waals surface area contributed by atoms with E-state index in [0.717, 1.165) is 25.8 Å². The maximum atomic E-state index is 12.5. The summed E-state index contributed by atoms with van der Waals surface area (Å²) in [7, 11) is -3.13. The van der Waals surface area contributed by atoms with E-state index in [2.05, 4.69) is 16.8 Å². The highest BCUT2D eigenvalue weighted by Gasteiger charge is 2.32. The molecule has 0 spiro atoms. The average Bonchev–Trinajstić information content (AvgIpc) is 3.13. The van der Waals surface area contributed by atoms with Crippen LogP contribution in [0.2, 0.25) is 0 Å². The summed E-state index contributed by atoms with van der Waals surface area (Å²) in [5, 5.41) is 5.50. The lowest BCUT2D eigenvalue weighted by Gasteiger charge is -2.32. The number of sulfonamides is 1. The van der Waals surface area contributed by atoms with Crippen LogP contribution in [0, 0.1) is 0 Å². The molecule has 0 aromatic carbocycles. The van der Waals surface area contributed by atoms with Gasteiger partial charge in [-0.25, -0.2) is 8.42 Å². The molecule has 2 heterocycles. The van der Waals surface area contributed by atoms with Gasteiger partial charge in [-0.2, -0.15) is 4.31 Å². The van der Waals surface area contributed by atoms with Gasteiger partial charge in [-0.05, 0) is 62.6 Å². The van der Waals surface area contributed by atoms with E-state index in [1.54, 1.807) is 15.6 Å². The van der Waals surface area contributed by atoms with E-state index in [1.807, 2.05) is 6.92 Å². The van der Waals surface area contributed by atoms with E-state index in [1.165, 1.54) is 23.3 Å². The first-order chi connectivity index (χ1) is 10.1. The van der Waals surface area contributed by atoms with Crippen molar-refractivity contribution in [1.29, 1.82) is 0 Å². The molecule has 1 saturated carbocycles. The highest BCUT2D eigenvalue weighted by molar-refractivity contribution is 7.89. The molecule has 1 fully saturated rings. The van der Waals surface area contributed by atoms with Crippen molar-refractivity contribution >= 4 is 21.4 Å². The lowest BCUT2D eigenvalue weighted by atomic mass is 10.0. The number of thiophene rings is 1. The molecule has 1 N–H and O–H groups in total. The van der Waals surface area contributed by atoms with Gasteiger partial charge >= 0.3 is 0 Å². The molecule has 1 atom stereocenters. The number of hydrogen-bond donors (Lipinski definition) is 1. The molecular weight excluding hydrogens is 304 g/mol. The molecule has 0 saturated heterocycles. The monoisotopic (exact) mass is 328 g/mol. The van der Waals surface area contributed by atoms with Gasteiger partial charge in [0.15, 0.2) is 0 Å². The van der Waals surface area contributed by atoms with E-state index in [0.29, 0.717) is 12.6 Å². The summed E-state index contributed by atoms with van der Waals surface area (Å²) in [5.41, 5.74) is 1.20. The smallest absolute Gasteiger partial charge is 0.214 e. The van der Waals surface area contributed by atoms with Crippen molar-refractivity contribution in [3.05, 3.63) is 21.9 Å². The van der Waals surface area contributed by atoms with Gasteiger partial charge in [0, 0.05) is 23.5 Å². The van der Waals surface area contributed by atoms with Crippen molar-refractivity contribution in [2.24, 2.45) is 0 Å². The molecule has 4 nitrogen and oxygen atoms in total. The quantitative estimate of drug-likeness (QED) is 0.783. The van der Waals surface area contributed by atoms with Crippen LogP contribution in [0.1, 0.15) is 49.1 Å². The van der Waals surface area contributed by atoms with E-state index < -0.39 is 10.0 Å². The molecular formula is C15H24N2O2S2. The van der Waals surface area contributed by atoms with Crippen molar-refractivity contribution in [3.8, 4) is 0 Å². The molecule has 21 heavy (non-hydrogen) atoms. The third-order valence-electron chi connectivity index (χ3n) is 4.42. The molecule has 1 aliphatic carbocycles. The summed E-state index contributed by atoms with van der Waals surface area (Å²) < 4.78 is 26.8. The lowest BCUT2D eigenvalue weighted by Crippen LogP contribution is -2.39.